The van der Waals surface area contributed by atoms with Crippen LogP contribution in [0.5, 0.6) is 5.75 Å². The molecule has 0 aromatic heterocycles. The van der Waals surface area contributed by atoms with Crippen LogP contribution in [0.1, 0.15) is 23.6 Å². The van der Waals surface area contributed by atoms with Crippen molar-refractivity contribution in [1.29, 1.82) is 0 Å². The zero-order valence-corrected chi connectivity index (χ0v) is 15.8. The van der Waals surface area contributed by atoms with Gasteiger partial charge in [0.15, 0.2) is 0 Å². The number of halogens is 1. The van der Waals surface area contributed by atoms with E-state index in [2.05, 4.69) is 5.32 Å². The molecule has 1 atom stereocenters. The third-order valence-corrected chi connectivity index (χ3v) is 4.93. The molecule has 0 unspecified atom stereocenters. The summed E-state index contributed by atoms with van der Waals surface area (Å²) in [6.07, 6.45) is 0. The SMILES string of the molecule is Cc1ccc(C)c(OCCN2C(=O)N[C@@](C)(c3ccccc3Cl)C2=O)c1. The smallest absolute Gasteiger partial charge is 0.325 e. The Bertz CT molecular complexity index is 868. The molecule has 26 heavy (non-hydrogen) atoms. The van der Waals surface area contributed by atoms with E-state index in [-0.39, 0.29) is 19.1 Å². The van der Waals surface area contributed by atoms with Gasteiger partial charge in [0.2, 0.25) is 0 Å². The third-order valence-electron chi connectivity index (χ3n) is 4.60. The Labute approximate surface area is 157 Å². The average molecular weight is 373 g/mol. The summed E-state index contributed by atoms with van der Waals surface area (Å²) >= 11 is 6.22. The number of ether oxygens (including phenoxy) is 1. The minimum Gasteiger partial charge on any atom is -0.491 e. The number of amides is 3. The molecule has 1 aliphatic rings. The first-order chi connectivity index (χ1) is 12.3. The van der Waals surface area contributed by atoms with Crippen LogP contribution in [0.2, 0.25) is 5.02 Å². The number of hydrogen-bond donors (Lipinski definition) is 1. The van der Waals surface area contributed by atoms with Crippen LogP contribution in [0.3, 0.4) is 0 Å². The molecule has 1 N–H and O–H groups in total. The molecule has 0 aliphatic carbocycles. The van der Waals surface area contributed by atoms with Crippen LogP contribution < -0.4 is 10.1 Å². The van der Waals surface area contributed by atoms with Gasteiger partial charge in [0, 0.05) is 10.6 Å². The van der Waals surface area contributed by atoms with Crippen molar-refractivity contribution in [2.75, 3.05) is 13.2 Å². The van der Waals surface area contributed by atoms with Crippen molar-refractivity contribution in [2.45, 2.75) is 26.3 Å². The van der Waals surface area contributed by atoms with Gasteiger partial charge in [0.25, 0.3) is 5.91 Å². The van der Waals surface area contributed by atoms with Crippen LogP contribution in [-0.2, 0) is 10.3 Å². The maximum absolute atomic E-state index is 12.9. The van der Waals surface area contributed by atoms with Crippen LogP contribution in [0.15, 0.2) is 42.5 Å². The molecule has 1 heterocycles. The molecular weight excluding hydrogens is 352 g/mol. The lowest BCUT2D eigenvalue weighted by Crippen LogP contribution is -2.41. The number of carbonyl (C=O) groups excluding carboxylic acids is 2. The number of benzene rings is 2. The number of imide groups is 1. The lowest BCUT2D eigenvalue weighted by molar-refractivity contribution is -0.131. The van der Waals surface area contributed by atoms with Crippen molar-refractivity contribution in [2.24, 2.45) is 0 Å². The standard InChI is InChI=1S/C20H21ClN2O3/c1-13-8-9-14(2)17(12-13)26-11-10-23-18(24)20(3,22-19(23)25)15-6-4-5-7-16(15)21/h4-9,12H,10-11H2,1-3H3,(H,22,25)/t20-/m0/s1. The van der Waals surface area contributed by atoms with Crippen molar-refractivity contribution in [3.8, 4) is 5.75 Å². The lowest BCUT2D eigenvalue weighted by atomic mass is 9.92. The highest BCUT2D eigenvalue weighted by molar-refractivity contribution is 6.32. The lowest BCUT2D eigenvalue weighted by Gasteiger charge is -2.23. The Kier molecular flexibility index (Phi) is 4.92. The summed E-state index contributed by atoms with van der Waals surface area (Å²) in [6, 6.07) is 12.5. The van der Waals surface area contributed by atoms with Gasteiger partial charge < -0.3 is 10.1 Å². The minimum atomic E-state index is -1.17. The number of carbonyl (C=O) groups is 2. The Morgan fingerprint density at radius 1 is 1.15 bits per heavy atom. The fourth-order valence-corrected chi connectivity index (χ4v) is 3.38. The van der Waals surface area contributed by atoms with Gasteiger partial charge in [0.05, 0.1) is 6.54 Å². The molecule has 5 nitrogen and oxygen atoms in total. The highest BCUT2D eigenvalue weighted by Gasteiger charge is 2.49. The van der Waals surface area contributed by atoms with Crippen molar-refractivity contribution in [3.05, 3.63) is 64.2 Å². The number of aryl methyl sites for hydroxylation is 2. The first-order valence-electron chi connectivity index (χ1n) is 8.42. The second-order valence-electron chi connectivity index (χ2n) is 6.61. The summed E-state index contributed by atoms with van der Waals surface area (Å²) in [5.74, 6) is 0.422. The number of nitrogens with zero attached hydrogens (tertiary/aromatic N) is 1. The average Bonchev–Trinajstić information content (AvgIpc) is 2.82. The highest BCUT2D eigenvalue weighted by atomic mass is 35.5. The normalized spacial score (nSPS) is 19.6. The number of hydrogen-bond acceptors (Lipinski definition) is 3. The molecule has 0 radical (unpaired) electrons. The van der Waals surface area contributed by atoms with E-state index in [0.29, 0.717) is 10.6 Å². The van der Waals surface area contributed by atoms with Crippen molar-refractivity contribution >= 4 is 23.5 Å². The zero-order chi connectivity index (χ0) is 18.9. The van der Waals surface area contributed by atoms with E-state index in [1.807, 2.05) is 32.0 Å². The topological polar surface area (TPSA) is 58.6 Å². The fourth-order valence-electron chi connectivity index (χ4n) is 3.06. The van der Waals surface area contributed by atoms with Crippen LogP contribution in [0.25, 0.3) is 0 Å². The Balaban J connectivity index is 1.72. The Morgan fingerprint density at radius 3 is 2.62 bits per heavy atom. The molecule has 0 saturated carbocycles. The van der Waals surface area contributed by atoms with Crippen molar-refractivity contribution in [1.82, 2.24) is 10.2 Å². The molecule has 136 valence electrons. The van der Waals surface area contributed by atoms with Gasteiger partial charge in [-0.15, -0.1) is 0 Å². The molecule has 3 amide bonds. The van der Waals surface area contributed by atoms with Crippen LogP contribution >= 0.6 is 11.6 Å². The third kappa shape index (κ3) is 3.27. The predicted octanol–water partition coefficient (Wildman–Crippen LogP) is 3.80. The van der Waals surface area contributed by atoms with Crippen LogP contribution in [0.4, 0.5) is 4.79 Å². The zero-order valence-electron chi connectivity index (χ0n) is 15.0. The van der Waals surface area contributed by atoms with Crippen molar-refractivity contribution < 1.29 is 14.3 Å². The molecule has 1 saturated heterocycles. The molecule has 0 bridgehead atoms. The van der Waals surface area contributed by atoms with E-state index in [1.54, 1.807) is 31.2 Å². The van der Waals surface area contributed by atoms with E-state index in [0.717, 1.165) is 16.9 Å². The maximum Gasteiger partial charge on any atom is 0.325 e. The molecule has 2 aromatic rings. The first-order valence-corrected chi connectivity index (χ1v) is 8.80. The van der Waals surface area contributed by atoms with E-state index in [1.165, 1.54) is 4.90 Å². The molecular formula is C20H21ClN2O3. The fraction of sp³-hybridized carbons (Fsp3) is 0.300. The second kappa shape index (κ2) is 7.00. The quantitative estimate of drug-likeness (QED) is 0.812. The van der Waals surface area contributed by atoms with E-state index in [9.17, 15) is 9.59 Å². The summed E-state index contributed by atoms with van der Waals surface area (Å²) in [4.78, 5) is 26.4. The van der Waals surface area contributed by atoms with Gasteiger partial charge in [-0.1, -0.05) is 41.9 Å². The maximum atomic E-state index is 12.9. The monoisotopic (exact) mass is 372 g/mol. The second-order valence-corrected chi connectivity index (χ2v) is 7.02. The summed E-state index contributed by atoms with van der Waals surface area (Å²) in [6.45, 7) is 6.00. The van der Waals surface area contributed by atoms with Crippen LogP contribution in [-0.4, -0.2) is 30.0 Å². The van der Waals surface area contributed by atoms with Gasteiger partial charge in [-0.2, -0.15) is 0 Å². The van der Waals surface area contributed by atoms with Crippen molar-refractivity contribution in [3.63, 3.8) is 0 Å². The summed E-state index contributed by atoms with van der Waals surface area (Å²) in [5.41, 5.74) is 1.51. The summed E-state index contributed by atoms with van der Waals surface area (Å²) in [5, 5.41) is 3.20. The number of rotatable bonds is 5. The Hall–Kier alpha value is -2.53. The summed E-state index contributed by atoms with van der Waals surface area (Å²) < 4.78 is 5.77. The minimum absolute atomic E-state index is 0.165. The van der Waals surface area contributed by atoms with E-state index < -0.39 is 11.6 Å². The van der Waals surface area contributed by atoms with E-state index in [4.69, 9.17) is 16.3 Å². The highest BCUT2D eigenvalue weighted by Crippen LogP contribution is 2.33. The van der Waals surface area contributed by atoms with Gasteiger partial charge in [0.1, 0.15) is 17.9 Å². The summed E-state index contributed by atoms with van der Waals surface area (Å²) in [7, 11) is 0. The largest absolute Gasteiger partial charge is 0.491 e. The Morgan fingerprint density at radius 2 is 1.88 bits per heavy atom. The molecule has 0 spiro atoms. The molecule has 3 rings (SSSR count). The van der Waals surface area contributed by atoms with Crippen LogP contribution in [0, 0.1) is 13.8 Å². The molecule has 6 heteroatoms. The number of urea groups is 1. The molecule has 1 fully saturated rings. The first kappa shape index (κ1) is 18.3. The number of nitrogens with one attached hydrogen (secondary N) is 1. The van der Waals surface area contributed by atoms with Gasteiger partial charge in [-0.25, -0.2) is 4.79 Å². The van der Waals surface area contributed by atoms with E-state index >= 15 is 0 Å². The molecule has 1 aliphatic heterocycles. The van der Waals surface area contributed by atoms with Gasteiger partial charge >= 0.3 is 6.03 Å². The molecule has 2 aromatic carbocycles. The van der Waals surface area contributed by atoms with Gasteiger partial charge in [-0.05, 0) is 44.0 Å². The predicted molar refractivity (Wildman–Crippen MR) is 100 cm³/mol. The van der Waals surface area contributed by atoms with Gasteiger partial charge in [-0.3, -0.25) is 9.69 Å².